The van der Waals surface area contributed by atoms with Crippen molar-refractivity contribution in [2.75, 3.05) is 18.5 Å². The average molecular weight is 412 g/mol. The minimum absolute atomic E-state index is 0.188. The van der Waals surface area contributed by atoms with Crippen LogP contribution in [0.2, 0.25) is 0 Å². The zero-order valence-electron chi connectivity index (χ0n) is 16.3. The number of thiophene rings is 1. The normalized spacial score (nSPS) is 10.6. The topological polar surface area (TPSA) is 94.6 Å². The van der Waals surface area contributed by atoms with Crippen molar-refractivity contribution >= 4 is 45.0 Å². The molecule has 0 radical (unpaired) electrons. The van der Waals surface area contributed by atoms with E-state index in [0.717, 1.165) is 10.1 Å². The second-order valence-corrected chi connectivity index (χ2v) is 7.17. The third-order valence-electron chi connectivity index (χ3n) is 4.06. The smallest absolute Gasteiger partial charge is 0.348 e. The van der Waals surface area contributed by atoms with Crippen LogP contribution in [0.4, 0.5) is 5.69 Å². The van der Waals surface area contributed by atoms with Crippen molar-refractivity contribution in [3.05, 3.63) is 58.2 Å². The van der Waals surface area contributed by atoms with Gasteiger partial charge in [-0.15, -0.1) is 11.3 Å². The summed E-state index contributed by atoms with van der Waals surface area (Å²) in [5, 5.41) is 3.62. The van der Waals surface area contributed by atoms with Crippen LogP contribution < -0.4 is 5.32 Å². The van der Waals surface area contributed by atoms with E-state index in [-0.39, 0.29) is 18.3 Å². The van der Waals surface area contributed by atoms with Gasteiger partial charge in [-0.2, -0.15) is 0 Å². The number of carbonyl (C=O) groups excluding carboxylic acids is 3. The number of anilines is 1. The largest absolute Gasteiger partial charge is 0.462 e. The molecule has 8 heteroatoms. The molecule has 0 saturated carbocycles. The number of aromatic nitrogens is 1. The Hall–Kier alpha value is -3.26. The first-order valence-electron chi connectivity index (χ1n) is 9.09. The van der Waals surface area contributed by atoms with Crippen molar-refractivity contribution in [3.63, 3.8) is 0 Å². The monoisotopic (exact) mass is 412 g/mol. The lowest BCUT2D eigenvalue weighted by atomic mass is 10.1. The molecule has 0 spiro atoms. The number of hydrogen-bond acceptors (Lipinski definition) is 7. The summed E-state index contributed by atoms with van der Waals surface area (Å²) in [6.07, 6.45) is 0. The number of fused-ring (bicyclic) bond motifs is 1. The van der Waals surface area contributed by atoms with Crippen molar-refractivity contribution in [2.45, 2.75) is 20.8 Å². The van der Waals surface area contributed by atoms with Gasteiger partial charge < -0.3 is 14.8 Å². The highest BCUT2D eigenvalue weighted by Gasteiger charge is 2.16. The maximum absolute atomic E-state index is 12.5. The Morgan fingerprint density at radius 1 is 1.00 bits per heavy atom. The predicted molar refractivity (Wildman–Crippen MR) is 111 cm³/mol. The quantitative estimate of drug-likeness (QED) is 0.610. The first-order chi connectivity index (χ1) is 13.9. The Balaban J connectivity index is 1.78. The summed E-state index contributed by atoms with van der Waals surface area (Å²) in [5.74, 6) is -1.23. The Kier molecular flexibility index (Phi) is 6.23. The van der Waals surface area contributed by atoms with Crippen LogP contribution in [0.1, 0.15) is 50.1 Å². The van der Waals surface area contributed by atoms with Crippen LogP contribution in [0.15, 0.2) is 36.4 Å². The van der Waals surface area contributed by atoms with Gasteiger partial charge in [0.15, 0.2) is 0 Å². The standard InChI is InChI=1S/C21H20N2O5S/c1-4-27-20(25)15-7-8-16(22-12(15)3)19(24)23-14-6-9-17-13(10-14)11-18(29-17)21(26)28-5-2/h6-11H,4-5H2,1-3H3,(H,23,24). The van der Waals surface area contributed by atoms with E-state index in [0.29, 0.717) is 28.4 Å². The fourth-order valence-corrected chi connectivity index (χ4v) is 3.67. The number of rotatable bonds is 6. The lowest BCUT2D eigenvalue weighted by molar-refractivity contribution is 0.0518. The average Bonchev–Trinajstić information content (AvgIpc) is 3.11. The molecule has 0 aliphatic rings. The zero-order chi connectivity index (χ0) is 21.0. The number of ether oxygens (including phenoxy) is 2. The van der Waals surface area contributed by atoms with E-state index < -0.39 is 11.9 Å². The maximum Gasteiger partial charge on any atom is 0.348 e. The molecule has 150 valence electrons. The van der Waals surface area contributed by atoms with Crippen LogP contribution in [0.3, 0.4) is 0 Å². The molecule has 0 unspecified atom stereocenters. The van der Waals surface area contributed by atoms with E-state index in [1.165, 1.54) is 23.5 Å². The van der Waals surface area contributed by atoms with Gasteiger partial charge in [-0.3, -0.25) is 4.79 Å². The number of carbonyl (C=O) groups is 3. The highest BCUT2D eigenvalue weighted by molar-refractivity contribution is 7.20. The van der Waals surface area contributed by atoms with E-state index >= 15 is 0 Å². The first-order valence-corrected chi connectivity index (χ1v) is 9.91. The van der Waals surface area contributed by atoms with Crippen LogP contribution in [-0.4, -0.2) is 36.0 Å². The third-order valence-corrected chi connectivity index (χ3v) is 5.16. The van der Waals surface area contributed by atoms with Crippen LogP contribution in [0.5, 0.6) is 0 Å². The molecule has 2 heterocycles. The summed E-state index contributed by atoms with van der Waals surface area (Å²) >= 11 is 1.34. The van der Waals surface area contributed by atoms with Crippen molar-refractivity contribution < 1.29 is 23.9 Å². The highest BCUT2D eigenvalue weighted by Crippen LogP contribution is 2.29. The van der Waals surface area contributed by atoms with E-state index in [1.807, 2.05) is 6.07 Å². The van der Waals surface area contributed by atoms with Crippen molar-refractivity contribution in [1.29, 1.82) is 0 Å². The Labute approximate surface area is 171 Å². The minimum atomic E-state index is -0.468. The Morgan fingerprint density at radius 3 is 2.41 bits per heavy atom. The number of benzene rings is 1. The SMILES string of the molecule is CCOC(=O)c1cc2cc(NC(=O)c3ccc(C(=O)OCC)c(C)n3)ccc2s1. The molecule has 0 aliphatic carbocycles. The van der Waals surface area contributed by atoms with Crippen LogP contribution in [-0.2, 0) is 9.47 Å². The van der Waals surface area contributed by atoms with Crippen molar-refractivity contribution in [2.24, 2.45) is 0 Å². The molecule has 7 nitrogen and oxygen atoms in total. The summed E-state index contributed by atoms with van der Waals surface area (Å²) in [7, 11) is 0. The van der Waals surface area contributed by atoms with Gasteiger partial charge in [-0.05, 0) is 62.6 Å². The Bertz CT molecular complexity index is 1090. The number of hydrogen-bond donors (Lipinski definition) is 1. The number of pyridine rings is 1. The number of nitrogens with zero attached hydrogens (tertiary/aromatic N) is 1. The van der Waals surface area contributed by atoms with Gasteiger partial charge in [0, 0.05) is 10.4 Å². The summed E-state index contributed by atoms with van der Waals surface area (Å²) in [4.78, 5) is 41.0. The van der Waals surface area contributed by atoms with E-state index in [2.05, 4.69) is 10.3 Å². The fourth-order valence-electron chi connectivity index (χ4n) is 2.73. The molecule has 0 saturated heterocycles. The Morgan fingerprint density at radius 2 is 1.72 bits per heavy atom. The highest BCUT2D eigenvalue weighted by atomic mass is 32.1. The number of nitrogens with one attached hydrogen (secondary N) is 1. The van der Waals surface area contributed by atoms with Gasteiger partial charge in [-0.25, -0.2) is 14.6 Å². The van der Waals surface area contributed by atoms with Crippen molar-refractivity contribution in [3.8, 4) is 0 Å². The van der Waals surface area contributed by atoms with Gasteiger partial charge in [0.25, 0.3) is 5.91 Å². The molecule has 0 atom stereocenters. The second kappa shape index (κ2) is 8.83. The number of amides is 1. The van der Waals surface area contributed by atoms with Gasteiger partial charge >= 0.3 is 11.9 Å². The van der Waals surface area contributed by atoms with Crippen molar-refractivity contribution in [1.82, 2.24) is 4.98 Å². The van der Waals surface area contributed by atoms with Crippen LogP contribution >= 0.6 is 11.3 Å². The van der Waals surface area contributed by atoms with Gasteiger partial charge in [0.2, 0.25) is 0 Å². The summed E-state index contributed by atoms with van der Waals surface area (Å²) in [6.45, 7) is 5.72. The molecule has 3 aromatic rings. The molecule has 3 rings (SSSR count). The zero-order valence-corrected chi connectivity index (χ0v) is 17.1. The molecule has 1 aromatic carbocycles. The van der Waals surface area contributed by atoms with Crippen LogP contribution in [0, 0.1) is 6.92 Å². The lowest BCUT2D eigenvalue weighted by Crippen LogP contribution is -2.16. The molecule has 0 bridgehead atoms. The predicted octanol–water partition coefficient (Wildman–Crippen LogP) is 4.21. The molecular formula is C21H20N2O5S. The molecule has 2 aromatic heterocycles. The van der Waals surface area contributed by atoms with E-state index in [9.17, 15) is 14.4 Å². The maximum atomic E-state index is 12.5. The molecule has 1 amide bonds. The molecule has 0 fully saturated rings. The molecule has 29 heavy (non-hydrogen) atoms. The van der Waals surface area contributed by atoms with E-state index in [1.54, 1.807) is 39.0 Å². The second-order valence-electron chi connectivity index (χ2n) is 6.09. The third kappa shape index (κ3) is 4.60. The fraction of sp³-hybridized carbons (Fsp3) is 0.238. The number of aryl methyl sites for hydroxylation is 1. The van der Waals surface area contributed by atoms with E-state index in [4.69, 9.17) is 9.47 Å². The van der Waals surface area contributed by atoms with Crippen LogP contribution in [0.25, 0.3) is 10.1 Å². The lowest BCUT2D eigenvalue weighted by Gasteiger charge is -2.08. The summed E-state index contributed by atoms with van der Waals surface area (Å²) in [5.41, 5.74) is 1.51. The number of esters is 2. The molecule has 0 aliphatic heterocycles. The van der Waals surface area contributed by atoms with Gasteiger partial charge in [-0.1, -0.05) is 0 Å². The summed E-state index contributed by atoms with van der Waals surface area (Å²) < 4.78 is 10.9. The minimum Gasteiger partial charge on any atom is -0.462 e. The molecule has 1 N–H and O–H groups in total. The first kappa shape index (κ1) is 20.5. The van der Waals surface area contributed by atoms with Gasteiger partial charge in [0.1, 0.15) is 10.6 Å². The van der Waals surface area contributed by atoms with Gasteiger partial charge in [0.05, 0.1) is 24.5 Å². The molecular weight excluding hydrogens is 392 g/mol. The summed E-state index contributed by atoms with van der Waals surface area (Å²) in [6, 6.07) is 10.1.